The zero-order valence-electron chi connectivity index (χ0n) is 8.92. The van der Waals surface area contributed by atoms with E-state index in [-0.39, 0.29) is 0 Å². The molecule has 2 heterocycles. The third-order valence-electron chi connectivity index (χ3n) is 2.06. The zero-order chi connectivity index (χ0) is 11.2. The van der Waals surface area contributed by atoms with Gasteiger partial charge in [-0.3, -0.25) is 0 Å². The minimum atomic E-state index is 0.687. The van der Waals surface area contributed by atoms with Gasteiger partial charge in [-0.2, -0.15) is 0 Å². The van der Waals surface area contributed by atoms with Crippen molar-refractivity contribution in [3.8, 4) is 0 Å². The lowest BCUT2D eigenvalue weighted by molar-refractivity contribution is 1.03. The monoisotopic (exact) mass is 232 g/mol. The van der Waals surface area contributed by atoms with Crippen molar-refractivity contribution in [3.05, 3.63) is 42.6 Å². The third kappa shape index (κ3) is 2.93. The van der Waals surface area contributed by atoms with Crippen molar-refractivity contribution in [2.45, 2.75) is 11.4 Å². The van der Waals surface area contributed by atoms with E-state index in [0.717, 1.165) is 16.3 Å². The Morgan fingerprint density at radius 1 is 1.19 bits per heavy atom. The smallest absolute Gasteiger partial charge is 0.126 e. The molecule has 0 amide bonds. The topological polar surface area (TPSA) is 50.7 Å². The summed E-state index contributed by atoms with van der Waals surface area (Å²) in [5.41, 5.74) is 1.04. The van der Waals surface area contributed by atoms with Crippen LogP contribution < -0.4 is 5.32 Å². The fourth-order valence-electron chi connectivity index (χ4n) is 1.22. The van der Waals surface area contributed by atoms with Gasteiger partial charge >= 0.3 is 0 Å². The highest BCUT2D eigenvalue weighted by Crippen LogP contribution is 2.14. The van der Waals surface area contributed by atoms with Gasteiger partial charge in [-0.1, -0.05) is 0 Å². The first-order valence-electron chi connectivity index (χ1n) is 4.86. The largest absolute Gasteiger partial charge is 0.366 e. The van der Waals surface area contributed by atoms with Crippen molar-refractivity contribution < 1.29 is 0 Å². The summed E-state index contributed by atoms with van der Waals surface area (Å²) in [6.45, 7) is 0.687. The van der Waals surface area contributed by atoms with Crippen LogP contribution in [0.1, 0.15) is 5.56 Å². The minimum absolute atomic E-state index is 0.687. The first-order chi connectivity index (χ1) is 7.88. The molecule has 4 nitrogen and oxygen atoms in total. The van der Waals surface area contributed by atoms with Crippen molar-refractivity contribution in [1.29, 1.82) is 0 Å². The van der Waals surface area contributed by atoms with Crippen molar-refractivity contribution in [1.82, 2.24) is 15.0 Å². The quantitative estimate of drug-likeness (QED) is 0.819. The molecule has 0 saturated heterocycles. The van der Waals surface area contributed by atoms with Crippen LogP contribution in [-0.2, 0) is 6.54 Å². The van der Waals surface area contributed by atoms with Gasteiger partial charge < -0.3 is 5.32 Å². The van der Waals surface area contributed by atoms with Crippen LogP contribution in [0.25, 0.3) is 0 Å². The number of thioether (sulfide) groups is 1. The molecule has 0 unspecified atom stereocenters. The van der Waals surface area contributed by atoms with Crippen LogP contribution in [0.15, 0.2) is 41.9 Å². The summed E-state index contributed by atoms with van der Waals surface area (Å²) in [4.78, 5) is 13.4. The molecule has 2 aromatic rings. The average Bonchev–Trinajstić information content (AvgIpc) is 2.38. The minimum Gasteiger partial charge on any atom is -0.366 e. The number of pyridine rings is 1. The van der Waals surface area contributed by atoms with Crippen molar-refractivity contribution >= 4 is 17.6 Å². The molecule has 0 saturated carbocycles. The molecule has 5 heteroatoms. The van der Waals surface area contributed by atoms with Gasteiger partial charge in [0.25, 0.3) is 0 Å². The number of nitrogens with one attached hydrogen (secondary N) is 1. The molecule has 16 heavy (non-hydrogen) atoms. The van der Waals surface area contributed by atoms with E-state index < -0.39 is 0 Å². The van der Waals surface area contributed by atoms with Crippen molar-refractivity contribution in [3.63, 3.8) is 0 Å². The SMILES string of the molecule is CSc1ccc(NCc2cncnc2)nc1. The zero-order valence-corrected chi connectivity index (χ0v) is 9.74. The average molecular weight is 232 g/mol. The van der Waals surface area contributed by atoms with Gasteiger partial charge in [-0.05, 0) is 18.4 Å². The number of hydrogen-bond acceptors (Lipinski definition) is 5. The molecule has 2 rings (SSSR count). The Bertz CT molecular complexity index is 429. The number of hydrogen-bond donors (Lipinski definition) is 1. The Balaban J connectivity index is 1.94. The summed E-state index contributed by atoms with van der Waals surface area (Å²) in [5, 5.41) is 3.21. The first kappa shape index (κ1) is 10.9. The van der Waals surface area contributed by atoms with Crippen LogP contribution in [0, 0.1) is 0 Å². The maximum atomic E-state index is 4.29. The van der Waals surface area contributed by atoms with Crippen molar-refractivity contribution in [2.75, 3.05) is 11.6 Å². The van der Waals surface area contributed by atoms with Crippen LogP contribution in [0.4, 0.5) is 5.82 Å². The Hall–Kier alpha value is -1.62. The van der Waals surface area contributed by atoms with Gasteiger partial charge in [0.1, 0.15) is 12.1 Å². The molecule has 0 bridgehead atoms. The number of nitrogens with zero attached hydrogens (tertiary/aromatic N) is 3. The second-order valence-corrected chi connectivity index (χ2v) is 4.06. The molecule has 0 aliphatic heterocycles. The van der Waals surface area contributed by atoms with Gasteiger partial charge in [-0.15, -0.1) is 11.8 Å². The first-order valence-corrected chi connectivity index (χ1v) is 6.09. The molecule has 0 atom stereocenters. The molecule has 0 aromatic carbocycles. The molecule has 1 N–H and O–H groups in total. The molecular weight excluding hydrogens is 220 g/mol. The number of rotatable bonds is 4. The predicted molar refractivity (Wildman–Crippen MR) is 65.4 cm³/mol. The van der Waals surface area contributed by atoms with Crippen LogP contribution in [-0.4, -0.2) is 21.2 Å². The van der Waals surface area contributed by atoms with Gasteiger partial charge in [0.15, 0.2) is 0 Å². The van der Waals surface area contributed by atoms with Gasteiger partial charge in [0, 0.05) is 35.6 Å². The summed E-state index contributed by atoms with van der Waals surface area (Å²) >= 11 is 1.68. The lowest BCUT2D eigenvalue weighted by Gasteiger charge is -2.05. The van der Waals surface area contributed by atoms with E-state index in [0.29, 0.717) is 6.54 Å². The predicted octanol–water partition coefficient (Wildman–Crippen LogP) is 2.21. The summed E-state index contributed by atoms with van der Waals surface area (Å²) in [5.74, 6) is 0.863. The summed E-state index contributed by atoms with van der Waals surface area (Å²) in [7, 11) is 0. The van der Waals surface area contributed by atoms with E-state index >= 15 is 0 Å². The Morgan fingerprint density at radius 3 is 2.62 bits per heavy atom. The van der Waals surface area contributed by atoms with E-state index in [1.807, 2.05) is 24.6 Å². The van der Waals surface area contributed by atoms with Gasteiger partial charge in [0.2, 0.25) is 0 Å². The van der Waals surface area contributed by atoms with Gasteiger partial charge in [0.05, 0.1) is 0 Å². The third-order valence-corrected chi connectivity index (χ3v) is 2.77. The second kappa shape index (κ2) is 5.46. The maximum Gasteiger partial charge on any atom is 0.126 e. The number of anilines is 1. The molecule has 0 radical (unpaired) electrons. The van der Waals surface area contributed by atoms with Gasteiger partial charge in [-0.25, -0.2) is 15.0 Å². The summed E-state index contributed by atoms with van der Waals surface area (Å²) < 4.78 is 0. The second-order valence-electron chi connectivity index (χ2n) is 3.18. The van der Waals surface area contributed by atoms with E-state index in [1.165, 1.54) is 6.33 Å². The van der Waals surface area contributed by atoms with E-state index in [1.54, 1.807) is 24.2 Å². The standard InChI is InChI=1S/C11H12N4S/c1-16-10-2-3-11(15-7-10)14-6-9-4-12-8-13-5-9/h2-5,7-8H,6H2,1H3,(H,14,15). The highest BCUT2D eigenvalue weighted by molar-refractivity contribution is 7.98. The molecule has 82 valence electrons. The number of aromatic nitrogens is 3. The van der Waals surface area contributed by atoms with Crippen LogP contribution in [0.2, 0.25) is 0 Å². The fraction of sp³-hybridized carbons (Fsp3) is 0.182. The Labute approximate surface area is 98.6 Å². The molecule has 0 aliphatic rings. The molecule has 2 aromatic heterocycles. The van der Waals surface area contributed by atoms with Crippen molar-refractivity contribution in [2.24, 2.45) is 0 Å². The summed E-state index contributed by atoms with van der Waals surface area (Å²) in [6.07, 6.45) is 8.99. The normalized spacial score (nSPS) is 10.1. The molecule has 0 fully saturated rings. The highest BCUT2D eigenvalue weighted by atomic mass is 32.2. The molecule has 0 spiro atoms. The van der Waals surface area contributed by atoms with E-state index in [2.05, 4.69) is 20.3 Å². The highest BCUT2D eigenvalue weighted by Gasteiger charge is 1.96. The molecule has 0 aliphatic carbocycles. The van der Waals surface area contributed by atoms with E-state index in [9.17, 15) is 0 Å². The molecular formula is C11H12N4S. The lowest BCUT2D eigenvalue weighted by atomic mass is 10.3. The Morgan fingerprint density at radius 2 is 2.00 bits per heavy atom. The fourth-order valence-corrected chi connectivity index (χ4v) is 1.58. The van der Waals surface area contributed by atoms with E-state index in [4.69, 9.17) is 0 Å². The maximum absolute atomic E-state index is 4.29. The summed E-state index contributed by atoms with van der Waals surface area (Å²) in [6, 6.07) is 4.01. The van der Waals surface area contributed by atoms with Crippen LogP contribution in [0.3, 0.4) is 0 Å². The Kier molecular flexibility index (Phi) is 3.71. The van der Waals surface area contributed by atoms with Crippen LogP contribution >= 0.6 is 11.8 Å². The lowest BCUT2D eigenvalue weighted by Crippen LogP contribution is -2.01. The van der Waals surface area contributed by atoms with Crippen LogP contribution in [0.5, 0.6) is 0 Å².